The zero-order valence-electron chi connectivity index (χ0n) is 17.4. The Morgan fingerprint density at radius 1 is 1.25 bits per heavy atom. The van der Waals surface area contributed by atoms with E-state index < -0.39 is 0 Å². The van der Waals surface area contributed by atoms with Gasteiger partial charge in [-0.15, -0.1) is 10.2 Å². The Kier molecular flexibility index (Phi) is 6.50. The van der Waals surface area contributed by atoms with Gasteiger partial charge in [-0.1, -0.05) is 30.3 Å². The van der Waals surface area contributed by atoms with E-state index in [-0.39, 0.29) is 29.6 Å². The lowest BCUT2D eigenvalue weighted by Gasteiger charge is -2.30. The van der Waals surface area contributed by atoms with Crippen molar-refractivity contribution in [2.45, 2.75) is 19.8 Å². The average molecular weight is 452 g/mol. The van der Waals surface area contributed by atoms with Crippen LogP contribution in [0.15, 0.2) is 52.7 Å². The number of aromatic nitrogens is 2. The van der Waals surface area contributed by atoms with Gasteiger partial charge in [0.2, 0.25) is 5.13 Å². The van der Waals surface area contributed by atoms with Gasteiger partial charge in [0.1, 0.15) is 11.4 Å². The summed E-state index contributed by atoms with van der Waals surface area (Å²) in [6.45, 7) is 2.95. The summed E-state index contributed by atoms with van der Waals surface area (Å²) >= 11 is 1.09. The van der Waals surface area contributed by atoms with Gasteiger partial charge in [0.25, 0.3) is 0 Å². The molecular weight excluding hydrogens is 430 g/mol. The summed E-state index contributed by atoms with van der Waals surface area (Å²) < 4.78 is 9.25. The molecule has 0 radical (unpaired) electrons. The second-order valence-electron chi connectivity index (χ2n) is 7.04. The van der Waals surface area contributed by atoms with Gasteiger partial charge in [-0.2, -0.15) is 9.36 Å². The van der Waals surface area contributed by atoms with E-state index in [0.29, 0.717) is 48.3 Å². The lowest BCUT2D eigenvalue weighted by atomic mass is 9.99. The van der Waals surface area contributed by atoms with Gasteiger partial charge in [0.15, 0.2) is 11.6 Å². The molecule has 0 atom stereocenters. The number of azo groups is 1. The van der Waals surface area contributed by atoms with Crippen molar-refractivity contribution in [3.8, 4) is 17.1 Å². The number of phenolic OH excluding ortho intramolecular Hbond substituents is 1. The van der Waals surface area contributed by atoms with Gasteiger partial charge in [0, 0.05) is 48.2 Å². The Balaban J connectivity index is 1.54. The summed E-state index contributed by atoms with van der Waals surface area (Å²) in [4.78, 5) is 30.4. The van der Waals surface area contributed by atoms with E-state index in [1.165, 1.54) is 12.1 Å². The molecule has 0 unspecified atom stereocenters. The largest absolute Gasteiger partial charge is 0.506 e. The standard InChI is InChI=1S/C22H21N5O4S/c1-2-31-20(30)9-11-27-10-8-18(28)15-12-16(19(29)13-17(15)27)24-25-22-23-21(26-32-22)14-6-4-3-5-7-14/h3-7,12-13,29H,2,8-11H2,1H3/b25-24+. The molecule has 0 saturated heterocycles. The number of hydrogen-bond donors (Lipinski definition) is 1. The van der Waals surface area contributed by atoms with Crippen molar-refractivity contribution in [1.82, 2.24) is 9.36 Å². The Hall–Kier alpha value is -3.66. The maximum absolute atomic E-state index is 12.5. The maximum atomic E-state index is 12.5. The topological polar surface area (TPSA) is 117 Å². The Morgan fingerprint density at radius 3 is 2.84 bits per heavy atom. The number of benzene rings is 2. The van der Waals surface area contributed by atoms with E-state index in [1.807, 2.05) is 35.2 Å². The molecule has 10 heteroatoms. The highest BCUT2D eigenvalue weighted by molar-refractivity contribution is 7.09. The fourth-order valence-corrected chi connectivity index (χ4v) is 3.89. The third-order valence-corrected chi connectivity index (χ3v) is 5.52. The molecule has 164 valence electrons. The summed E-state index contributed by atoms with van der Waals surface area (Å²) in [5, 5.41) is 19.0. The van der Waals surface area contributed by atoms with Crippen molar-refractivity contribution in [1.29, 1.82) is 0 Å². The number of hydrogen-bond acceptors (Lipinski definition) is 10. The normalized spacial score (nSPS) is 13.4. The summed E-state index contributed by atoms with van der Waals surface area (Å²) in [5.41, 5.74) is 2.05. The minimum atomic E-state index is -0.299. The van der Waals surface area contributed by atoms with Crippen LogP contribution in [-0.4, -0.2) is 45.9 Å². The summed E-state index contributed by atoms with van der Waals surface area (Å²) in [5.74, 6) is 0.0846. The zero-order valence-corrected chi connectivity index (χ0v) is 18.2. The van der Waals surface area contributed by atoms with Crippen molar-refractivity contribution >= 4 is 39.8 Å². The summed E-state index contributed by atoms with van der Waals surface area (Å²) in [6, 6.07) is 12.5. The minimum Gasteiger partial charge on any atom is -0.506 e. The zero-order chi connectivity index (χ0) is 22.5. The van der Waals surface area contributed by atoms with E-state index in [1.54, 1.807) is 6.92 Å². The van der Waals surface area contributed by atoms with Crippen molar-refractivity contribution in [2.75, 3.05) is 24.6 Å². The van der Waals surface area contributed by atoms with Crippen LogP contribution in [0.25, 0.3) is 11.4 Å². The Labute approximate surface area is 188 Å². The molecule has 0 bridgehead atoms. The van der Waals surface area contributed by atoms with Crippen LogP contribution in [0.1, 0.15) is 30.1 Å². The van der Waals surface area contributed by atoms with Crippen molar-refractivity contribution in [3.05, 3.63) is 48.0 Å². The quantitative estimate of drug-likeness (QED) is 0.410. The highest BCUT2D eigenvalue weighted by atomic mass is 32.1. The molecule has 1 N–H and O–H groups in total. The van der Waals surface area contributed by atoms with E-state index in [2.05, 4.69) is 19.6 Å². The van der Waals surface area contributed by atoms with E-state index in [0.717, 1.165) is 17.1 Å². The lowest BCUT2D eigenvalue weighted by Crippen LogP contribution is -2.34. The van der Waals surface area contributed by atoms with Crippen LogP contribution in [0.3, 0.4) is 0 Å². The fourth-order valence-electron chi connectivity index (χ4n) is 3.37. The van der Waals surface area contributed by atoms with Crippen LogP contribution < -0.4 is 4.90 Å². The highest BCUT2D eigenvalue weighted by Gasteiger charge is 2.25. The first-order valence-electron chi connectivity index (χ1n) is 10.2. The monoisotopic (exact) mass is 451 g/mol. The maximum Gasteiger partial charge on any atom is 0.307 e. The summed E-state index contributed by atoms with van der Waals surface area (Å²) in [7, 11) is 0. The second kappa shape index (κ2) is 9.65. The number of anilines is 1. The molecule has 1 aliphatic heterocycles. The first kappa shape index (κ1) is 21.6. The van der Waals surface area contributed by atoms with Crippen molar-refractivity contribution in [3.63, 3.8) is 0 Å². The number of ether oxygens (including phenoxy) is 1. The third-order valence-electron chi connectivity index (χ3n) is 4.92. The van der Waals surface area contributed by atoms with E-state index >= 15 is 0 Å². The first-order chi connectivity index (χ1) is 15.5. The number of Topliss-reactive ketones (excluding diaryl/α,β-unsaturated/α-hetero) is 1. The van der Waals surface area contributed by atoms with Crippen LogP contribution in [0.2, 0.25) is 0 Å². The number of fused-ring (bicyclic) bond motifs is 1. The Bertz CT molecular complexity index is 1160. The van der Waals surface area contributed by atoms with Gasteiger partial charge < -0.3 is 14.7 Å². The molecule has 32 heavy (non-hydrogen) atoms. The average Bonchev–Trinajstić information content (AvgIpc) is 3.27. The highest BCUT2D eigenvalue weighted by Crippen LogP contribution is 2.38. The predicted molar refractivity (Wildman–Crippen MR) is 120 cm³/mol. The lowest BCUT2D eigenvalue weighted by molar-refractivity contribution is -0.142. The van der Waals surface area contributed by atoms with Gasteiger partial charge in [-0.25, -0.2) is 0 Å². The number of carbonyl (C=O) groups is 2. The van der Waals surface area contributed by atoms with E-state index in [9.17, 15) is 14.7 Å². The molecule has 4 rings (SSSR count). The number of esters is 1. The van der Waals surface area contributed by atoms with Crippen LogP contribution >= 0.6 is 11.5 Å². The molecule has 0 spiro atoms. The molecule has 1 aliphatic rings. The number of phenols is 1. The van der Waals surface area contributed by atoms with Crippen LogP contribution in [0.5, 0.6) is 5.75 Å². The number of rotatable bonds is 7. The smallest absolute Gasteiger partial charge is 0.307 e. The number of nitrogens with zero attached hydrogens (tertiary/aromatic N) is 5. The molecular formula is C22H21N5O4S. The van der Waals surface area contributed by atoms with Crippen LogP contribution in [-0.2, 0) is 9.53 Å². The first-order valence-corrected chi connectivity index (χ1v) is 10.9. The number of carbonyl (C=O) groups excluding carboxylic acids is 2. The molecule has 0 aliphatic carbocycles. The summed E-state index contributed by atoms with van der Waals surface area (Å²) in [6.07, 6.45) is 0.512. The van der Waals surface area contributed by atoms with Crippen LogP contribution in [0.4, 0.5) is 16.5 Å². The van der Waals surface area contributed by atoms with Crippen LogP contribution in [0, 0.1) is 0 Å². The molecule has 2 heterocycles. The van der Waals surface area contributed by atoms with Crippen molar-refractivity contribution < 1.29 is 19.4 Å². The third kappa shape index (κ3) is 4.80. The van der Waals surface area contributed by atoms with Gasteiger partial charge >= 0.3 is 5.97 Å². The second-order valence-corrected chi connectivity index (χ2v) is 7.77. The number of aromatic hydroxyl groups is 1. The molecule has 0 fully saturated rings. The molecule has 0 saturated carbocycles. The Morgan fingerprint density at radius 2 is 2.06 bits per heavy atom. The molecule has 1 aromatic heterocycles. The number of ketones is 1. The SMILES string of the molecule is CCOC(=O)CCN1CCC(=O)c2cc(/N=N/c3nc(-c4ccccc4)ns3)c(O)cc21. The molecule has 3 aromatic rings. The van der Waals surface area contributed by atoms with Gasteiger partial charge in [0.05, 0.1) is 18.7 Å². The molecule has 9 nitrogen and oxygen atoms in total. The molecule has 0 amide bonds. The fraction of sp³-hybridized carbons (Fsp3) is 0.273. The van der Waals surface area contributed by atoms with Crippen molar-refractivity contribution in [2.24, 2.45) is 10.2 Å². The van der Waals surface area contributed by atoms with E-state index in [4.69, 9.17) is 4.74 Å². The van der Waals surface area contributed by atoms with Gasteiger partial charge in [-0.05, 0) is 13.0 Å². The predicted octanol–water partition coefficient (Wildman–Crippen LogP) is 4.67. The molecule has 2 aromatic carbocycles. The van der Waals surface area contributed by atoms with Gasteiger partial charge in [-0.3, -0.25) is 9.59 Å². The minimum absolute atomic E-state index is 0.0499.